The second kappa shape index (κ2) is 8.76. The Labute approximate surface area is 189 Å². The number of carbonyl (C=O) groups is 1. The second-order valence-corrected chi connectivity index (χ2v) is 8.75. The van der Waals surface area contributed by atoms with Gasteiger partial charge >= 0.3 is 6.03 Å². The Morgan fingerprint density at radius 3 is 2.81 bits per heavy atom. The van der Waals surface area contributed by atoms with Crippen LogP contribution in [-0.4, -0.2) is 47.4 Å². The van der Waals surface area contributed by atoms with Crippen LogP contribution in [0.2, 0.25) is 0 Å². The molecule has 0 saturated carbocycles. The number of hydrogen-bond donors (Lipinski definition) is 1. The van der Waals surface area contributed by atoms with Gasteiger partial charge in [0.25, 0.3) is 5.89 Å². The summed E-state index contributed by atoms with van der Waals surface area (Å²) < 4.78 is 16.8. The van der Waals surface area contributed by atoms with Crippen LogP contribution in [0.5, 0.6) is 5.75 Å². The van der Waals surface area contributed by atoms with Crippen LogP contribution in [0.4, 0.5) is 4.79 Å². The van der Waals surface area contributed by atoms with Gasteiger partial charge in [-0.1, -0.05) is 23.4 Å². The van der Waals surface area contributed by atoms with Gasteiger partial charge in [-0.2, -0.15) is 4.98 Å². The van der Waals surface area contributed by atoms with Gasteiger partial charge in [0.15, 0.2) is 0 Å². The van der Waals surface area contributed by atoms with E-state index >= 15 is 0 Å². The number of benzene rings is 1. The van der Waals surface area contributed by atoms with Crippen molar-refractivity contribution in [2.45, 2.75) is 31.9 Å². The maximum Gasteiger partial charge on any atom is 0.322 e. The van der Waals surface area contributed by atoms with Crippen molar-refractivity contribution in [2.75, 3.05) is 20.3 Å². The van der Waals surface area contributed by atoms with Crippen molar-refractivity contribution < 1.29 is 18.8 Å². The summed E-state index contributed by atoms with van der Waals surface area (Å²) in [6.07, 6.45) is 1.98. The van der Waals surface area contributed by atoms with Gasteiger partial charge in [0.2, 0.25) is 5.82 Å². The van der Waals surface area contributed by atoms with Gasteiger partial charge < -0.3 is 19.3 Å². The first-order valence-corrected chi connectivity index (χ1v) is 11.4. The minimum Gasteiger partial charge on any atom is -0.497 e. The Balaban J connectivity index is 1.56. The summed E-state index contributed by atoms with van der Waals surface area (Å²) in [6, 6.07) is 10.9. The summed E-state index contributed by atoms with van der Waals surface area (Å²) >= 11 is 1.55. The maximum absolute atomic E-state index is 13.1. The fraction of sp³-hybridized carbons (Fsp3) is 0.348. The Bertz CT molecular complexity index is 1120. The average molecular weight is 453 g/mol. The van der Waals surface area contributed by atoms with Crippen molar-refractivity contribution in [3.05, 3.63) is 58.9 Å². The number of methoxy groups -OCH3 is 1. The number of ether oxygens (including phenoxy) is 2. The third-order valence-corrected chi connectivity index (χ3v) is 6.72. The molecular weight excluding hydrogens is 428 g/mol. The first kappa shape index (κ1) is 20.7. The first-order chi connectivity index (χ1) is 15.6. The summed E-state index contributed by atoms with van der Waals surface area (Å²) in [5, 5.41) is 9.28. The zero-order valence-electron chi connectivity index (χ0n) is 17.9. The highest BCUT2D eigenvalue weighted by molar-refractivity contribution is 7.13. The van der Waals surface area contributed by atoms with E-state index in [1.54, 1.807) is 23.3 Å². The summed E-state index contributed by atoms with van der Waals surface area (Å²) in [7, 11) is 1.63. The molecule has 1 fully saturated rings. The molecule has 1 aromatic carbocycles. The zero-order valence-corrected chi connectivity index (χ0v) is 18.7. The minimum atomic E-state index is -0.425. The van der Waals surface area contributed by atoms with Crippen molar-refractivity contribution in [1.29, 1.82) is 0 Å². The molecule has 0 spiro atoms. The van der Waals surface area contributed by atoms with Crippen LogP contribution in [0.1, 0.15) is 37.3 Å². The number of rotatable bonds is 6. The molecule has 166 valence electrons. The molecule has 2 atom stereocenters. The van der Waals surface area contributed by atoms with E-state index in [2.05, 4.69) is 15.5 Å². The number of hydrogen-bond acceptors (Lipinski definition) is 7. The van der Waals surface area contributed by atoms with E-state index in [0.29, 0.717) is 18.3 Å². The third kappa shape index (κ3) is 3.89. The molecule has 2 aliphatic heterocycles. The lowest BCUT2D eigenvalue weighted by Gasteiger charge is -2.36. The molecule has 0 bridgehead atoms. The van der Waals surface area contributed by atoms with Gasteiger partial charge in [-0.25, -0.2) is 4.79 Å². The Hall–Kier alpha value is -3.17. The monoisotopic (exact) mass is 452 g/mol. The highest BCUT2D eigenvalue weighted by Crippen LogP contribution is 2.38. The Morgan fingerprint density at radius 2 is 2.12 bits per heavy atom. The highest BCUT2D eigenvalue weighted by atomic mass is 32.1. The van der Waals surface area contributed by atoms with Crippen LogP contribution in [0.15, 0.2) is 52.0 Å². The molecule has 8 nitrogen and oxygen atoms in total. The van der Waals surface area contributed by atoms with Crippen molar-refractivity contribution in [3.63, 3.8) is 0 Å². The SMILES string of the molecule is COc1ccc(C2NC(=O)N(CC3CCCO3)C(C)=C2c2nc(-c3cccs3)no2)cc1. The largest absolute Gasteiger partial charge is 0.497 e. The first-order valence-electron chi connectivity index (χ1n) is 10.6. The lowest BCUT2D eigenvalue weighted by molar-refractivity contribution is 0.0877. The van der Waals surface area contributed by atoms with Gasteiger partial charge in [0, 0.05) is 12.3 Å². The molecule has 5 rings (SSSR count). The molecule has 0 aliphatic carbocycles. The van der Waals surface area contributed by atoms with Crippen LogP contribution in [-0.2, 0) is 4.74 Å². The van der Waals surface area contributed by atoms with E-state index in [-0.39, 0.29) is 12.1 Å². The highest BCUT2D eigenvalue weighted by Gasteiger charge is 2.37. The van der Waals surface area contributed by atoms with E-state index in [0.717, 1.165) is 46.9 Å². The molecule has 2 aromatic heterocycles. The van der Waals surface area contributed by atoms with Crippen LogP contribution in [0.25, 0.3) is 16.3 Å². The van der Waals surface area contributed by atoms with Gasteiger partial charge in [-0.15, -0.1) is 11.3 Å². The summed E-state index contributed by atoms with van der Waals surface area (Å²) in [6.45, 7) is 3.15. The summed E-state index contributed by atoms with van der Waals surface area (Å²) in [4.78, 5) is 20.4. The summed E-state index contributed by atoms with van der Waals surface area (Å²) in [5.74, 6) is 1.67. The fourth-order valence-corrected chi connectivity index (χ4v) is 4.80. The molecule has 2 aliphatic rings. The lowest BCUT2D eigenvalue weighted by atomic mass is 9.94. The smallest absolute Gasteiger partial charge is 0.322 e. The van der Waals surface area contributed by atoms with Crippen molar-refractivity contribution in [3.8, 4) is 16.5 Å². The maximum atomic E-state index is 13.1. The third-order valence-electron chi connectivity index (χ3n) is 5.85. The van der Waals surface area contributed by atoms with Crippen LogP contribution >= 0.6 is 11.3 Å². The molecule has 4 heterocycles. The number of nitrogens with zero attached hydrogens (tertiary/aromatic N) is 3. The number of urea groups is 1. The number of aromatic nitrogens is 2. The van der Waals surface area contributed by atoms with E-state index < -0.39 is 6.04 Å². The molecule has 2 unspecified atom stereocenters. The van der Waals surface area contributed by atoms with Crippen LogP contribution in [0.3, 0.4) is 0 Å². The number of carbonyl (C=O) groups excluding carboxylic acids is 1. The number of amides is 2. The predicted octanol–water partition coefficient (Wildman–Crippen LogP) is 4.48. The van der Waals surface area contributed by atoms with E-state index in [1.807, 2.05) is 48.7 Å². The van der Waals surface area contributed by atoms with Crippen LogP contribution in [0, 0.1) is 0 Å². The molecule has 2 amide bonds. The Kier molecular flexibility index (Phi) is 5.67. The number of nitrogens with one attached hydrogen (secondary N) is 1. The van der Waals surface area contributed by atoms with Gasteiger partial charge in [-0.05, 0) is 48.9 Å². The number of allylic oxidation sites excluding steroid dienone is 1. The topological polar surface area (TPSA) is 89.7 Å². The van der Waals surface area contributed by atoms with Gasteiger partial charge in [-0.3, -0.25) is 4.90 Å². The minimum absolute atomic E-state index is 0.0267. The van der Waals surface area contributed by atoms with E-state index in [9.17, 15) is 4.79 Å². The predicted molar refractivity (Wildman–Crippen MR) is 120 cm³/mol. The van der Waals surface area contributed by atoms with Crippen molar-refractivity contribution >= 4 is 22.9 Å². The Morgan fingerprint density at radius 1 is 1.28 bits per heavy atom. The average Bonchev–Trinajstić information content (AvgIpc) is 3.59. The summed E-state index contributed by atoms with van der Waals surface area (Å²) in [5.41, 5.74) is 2.47. The molecular formula is C23H24N4O4S. The van der Waals surface area contributed by atoms with Gasteiger partial charge in [0.1, 0.15) is 5.75 Å². The normalized spacial score (nSPS) is 21.2. The van der Waals surface area contributed by atoms with Gasteiger partial charge in [0.05, 0.1) is 36.3 Å². The molecule has 1 saturated heterocycles. The molecule has 3 aromatic rings. The van der Waals surface area contributed by atoms with Crippen molar-refractivity contribution in [1.82, 2.24) is 20.4 Å². The van der Waals surface area contributed by atoms with Crippen LogP contribution < -0.4 is 10.1 Å². The molecule has 32 heavy (non-hydrogen) atoms. The second-order valence-electron chi connectivity index (χ2n) is 7.80. The standard InChI is InChI=1S/C23H24N4O4S/c1-14-19(22-25-21(26-31-22)18-6-4-12-32-18)20(15-7-9-16(29-2)10-8-15)24-23(28)27(14)13-17-5-3-11-30-17/h4,6-10,12,17,20H,3,5,11,13H2,1-2H3,(H,24,28). The van der Waals surface area contributed by atoms with E-state index in [1.165, 1.54) is 0 Å². The molecule has 9 heteroatoms. The molecule has 0 radical (unpaired) electrons. The molecule has 1 N–H and O–H groups in total. The zero-order chi connectivity index (χ0) is 22.1. The van der Waals surface area contributed by atoms with Crippen molar-refractivity contribution in [2.24, 2.45) is 0 Å². The fourth-order valence-electron chi connectivity index (χ4n) is 4.16. The van der Waals surface area contributed by atoms with E-state index in [4.69, 9.17) is 14.0 Å². The number of thiophene rings is 1. The quantitative estimate of drug-likeness (QED) is 0.593. The lowest BCUT2D eigenvalue weighted by Crippen LogP contribution is -2.48.